The monoisotopic (exact) mass is 291 g/mol. The highest BCUT2D eigenvalue weighted by Crippen LogP contribution is 2.36. The second kappa shape index (κ2) is 5.78. The van der Waals surface area contributed by atoms with Crippen molar-refractivity contribution in [1.82, 2.24) is 5.32 Å². The van der Waals surface area contributed by atoms with Gasteiger partial charge in [0.1, 0.15) is 0 Å². The van der Waals surface area contributed by atoms with Gasteiger partial charge in [0, 0.05) is 14.6 Å². The van der Waals surface area contributed by atoms with Gasteiger partial charge in [-0.25, -0.2) is 0 Å². The summed E-state index contributed by atoms with van der Waals surface area (Å²) in [7, 11) is 0. The molecule has 0 amide bonds. The summed E-state index contributed by atoms with van der Waals surface area (Å²) in [6, 6.07) is 5.18. The van der Waals surface area contributed by atoms with Crippen molar-refractivity contribution in [2.45, 2.75) is 45.6 Å². The highest BCUT2D eigenvalue weighted by atomic mass is 32.1. The summed E-state index contributed by atoms with van der Waals surface area (Å²) in [6.07, 6.45) is 5.32. The normalized spacial score (nSPS) is 16.3. The van der Waals surface area contributed by atoms with Gasteiger partial charge in [-0.3, -0.25) is 0 Å². The van der Waals surface area contributed by atoms with Gasteiger partial charge in [-0.1, -0.05) is 6.92 Å². The predicted octanol–water partition coefficient (Wildman–Crippen LogP) is 4.70. The Balaban J connectivity index is 1.93. The molecule has 1 atom stereocenters. The summed E-state index contributed by atoms with van der Waals surface area (Å²) in [5.74, 6) is 0. The van der Waals surface area contributed by atoms with Crippen LogP contribution in [0.3, 0.4) is 0 Å². The summed E-state index contributed by atoms with van der Waals surface area (Å²) in [5, 5.41) is 5.96. The fourth-order valence-electron chi connectivity index (χ4n) is 2.86. The van der Waals surface area contributed by atoms with Crippen molar-refractivity contribution in [3.63, 3.8) is 0 Å². The van der Waals surface area contributed by atoms with Crippen molar-refractivity contribution in [3.8, 4) is 0 Å². The number of hydrogen-bond acceptors (Lipinski definition) is 3. The highest BCUT2D eigenvalue weighted by Gasteiger charge is 2.20. The molecule has 1 N–H and O–H groups in total. The van der Waals surface area contributed by atoms with E-state index in [1.807, 2.05) is 22.7 Å². The van der Waals surface area contributed by atoms with Crippen molar-refractivity contribution in [2.24, 2.45) is 0 Å². The van der Waals surface area contributed by atoms with Gasteiger partial charge in [0.2, 0.25) is 0 Å². The lowest BCUT2D eigenvalue weighted by molar-refractivity contribution is 0.640. The molecule has 1 unspecified atom stereocenters. The van der Waals surface area contributed by atoms with E-state index in [1.165, 1.54) is 41.0 Å². The van der Waals surface area contributed by atoms with Crippen LogP contribution in [0.5, 0.6) is 0 Å². The van der Waals surface area contributed by atoms with E-state index >= 15 is 0 Å². The molecule has 19 heavy (non-hydrogen) atoms. The molecule has 0 aromatic carbocycles. The smallest absolute Gasteiger partial charge is 0.0679 e. The summed E-state index contributed by atoms with van der Waals surface area (Å²) in [4.78, 5) is 4.54. The van der Waals surface area contributed by atoms with Gasteiger partial charge in [0.15, 0.2) is 0 Å². The van der Waals surface area contributed by atoms with Gasteiger partial charge in [-0.05, 0) is 67.8 Å². The molecule has 3 heteroatoms. The van der Waals surface area contributed by atoms with E-state index in [4.69, 9.17) is 0 Å². The Bertz CT molecular complexity index is 529. The molecule has 3 rings (SSSR count). The number of nitrogens with one attached hydrogen (secondary N) is 1. The van der Waals surface area contributed by atoms with Crippen LogP contribution in [0.2, 0.25) is 0 Å². The SMILES string of the molecule is CCNC(c1csc(C)c1)c1cc2c(s1)CCCC2. The molecule has 0 saturated heterocycles. The molecule has 0 fully saturated rings. The molecule has 1 nitrogen and oxygen atoms in total. The molecule has 2 heterocycles. The fourth-order valence-corrected chi connectivity index (χ4v) is 4.95. The van der Waals surface area contributed by atoms with E-state index in [0.717, 1.165) is 6.54 Å². The van der Waals surface area contributed by atoms with Crippen LogP contribution in [0, 0.1) is 6.92 Å². The van der Waals surface area contributed by atoms with Gasteiger partial charge in [0.05, 0.1) is 6.04 Å². The third kappa shape index (κ3) is 2.78. The molecule has 0 bridgehead atoms. The van der Waals surface area contributed by atoms with Crippen LogP contribution in [0.15, 0.2) is 17.5 Å². The average Bonchev–Trinajstić information content (AvgIpc) is 3.01. The Labute approximate surface area is 123 Å². The van der Waals surface area contributed by atoms with E-state index in [0.29, 0.717) is 6.04 Å². The third-order valence-electron chi connectivity index (χ3n) is 3.79. The lowest BCUT2D eigenvalue weighted by atomic mass is 9.98. The minimum Gasteiger partial charge on any atom is -0.306 e. The topological polar surface area (TPSA) is 12.0 Å². The van der Waals surface area contributed by atoms with Crippen LogP contribution in [-0.2, 0) is 12.8 Å². The van der Waals surface area contributed by atoms with Crippen LogP contribution < -0.4 is 5.32 Å². The third-order valence-corrected chi connectivity index (χ3v) is 5.97. The van der Waals surface area contributed by atoms with E-state index in [1.54, 1.807) is 10.4 Å². The lowest BCUT2D eigenvalue weighted by Gasteiger charge is -2.15. The van der Waals surface area contributed by atoms with Crippen LogP contribution in [0.4, 0.5) is 0 Å². The Morgan fingerprint density at radius 3 is 2.79 bits per heavy atom. The standard InChI is InChI=1S/C16H21NS2/c1-3-17-16(13-8-11(2)18-10-13)15-9-12-6-4-5-7-14(12)19-15/h8-10,16-17H,3-7H2,1-2H3. The first-order valence-electron chi connectivity index (χ1n) is 7.18. The first-order chi connectivity index (χ1) is 9.28. The van der Waals surface area contributed by atoms with Gasteiger partial charge in [-0.15, -0.1) is 22.7 Å². The van der Waals surface area contributed by atoms with Crippen LogP contribution in [0.25, 0.3) is 0 Å². The number of aryl methyl sites for hydroxylation is 3. The molecule has 0 aliphatic heterocycles. The molecule has 1 aliphatic carbocycles. The summed E-state index contributed by atoms with van der Waals surface area (Å²) in [5.41, 5.74) is 3.05. The molecule has 1 aliphatic rings. The molecule has 2 aromatic heterocycles. The van der Waals surface area contributed by atoms with E-state index in [2.05, 4.69) is 36.7 Å². The molecule has 2 aromatic rings. The van der Waals surface area contributed by atoms with Crippen LogP contribution in [-0.4, -0.2) is 6.54 Å². The molecular weight excluding hydrogens is 270 g/mol. The minimum atomic E-state index is 0.394. The van der Waals surface area contributed by atoms with Gasteiger partial charge in [-0.2, -0.15) is 0 Å². The first-order valence-corrected chi connectivity index (χ1v) is 8.87. The van der Waals surface area contributed by atoms with E-state index in [9.17, 15) is 0 Å². The van der Waals surface area contributed by atoms with Crippen molar-refractivity contribution < 1.29 is 0 Å². The number of fused-ring (bicyclic) bond motifs is 1. The zero-order valence-corrected chi connectivity index (χ0v) is 13.3. The van der Waals surface area contributed by atoms with Gasteiger partial charge < -0.3 is 5.32 Å². The van der Waals surface area contributed by atoms with Crippen molar-refractivity contribution >= 4 is 22.7 Å². The average molecular weight is 291 g/mol. The van der Waals surface area contributed by atoms with Crippen molar-refractivity contribution in [3.05, 3.63) is 43.3 Å². The molecule has 0 saturated carbocycles. The summed E-state index contributed by atoms with van der Waals surface area (Å²) >= 11 is 3.88. The summed E-state index contributed by atoms with van der Waals surface area (Å²) in [6.45, 7) is 5.40. The second-order valence-corrected chi connectivity index (χ2v) is 7.57. The maximum absolute atomic E-state index is 3.65. The quantitative estimate of drug-likeness (QED) is 0.861. The second-order valence-electron chi connectivity index (χ2n) is 5.29. The zero-order chi connectivity index (χ0) is 13.2. The van der Waals surface area contributed by atoms with Crippen LogP contribution in [0.1, 0.15) is 51.6 Å². The molecule has 0 radical (unpaired) electrons. The number of hydrogen-bond donors (Lipinski definition) is 1. The number of rotatable bonds is 4. The van der Waals surface area contributed by atoms with Gasteiger partial charge in [0.25, 0.3) is 0 Å². The fraction of sp³-hybridized carbons (Fsp3) is 0.500. The molecule has 102 valence electrons. The van der Waals surface area contributed by atoms with Crippen molar-refractivity contribution in [2.75, 3.05) is 6.54 Å². The highest BCUT2D eigenvalue weighted by molar-refractivity contribution is 7.12. The Hall–Kier alpha value is -0.640. The van der Waals surface area contributed by atoms with E-state index in [-0.39, 0.29) is 0 Å². The maximum Gasteiger partial charge on any atom is 0.0679 e. The predicted molar refractivity (Wildman–Crippen MR) is 85.5 cm³/mol. The van der Waals surface area contributed by atoms with Crippen LogP contribution >= 0.6 is 22.7 Å². The minimum absolute atomic E-state index is 0.394. The molecule has 0 spiro atoms. The molecular formula is C16H21NS2. The van der Waals surface area contributed by atoms with Crippen molar-refractivity contribution in [1.29, 1.82) is 0 Å². The van der Waals surface area contributed by atoms with E-state index < -0.39 is 0 Å². The Morgan fingerprint density at radius 1 is 1.26 bits per heavy atom. The lowest BCUT2D eigenvalue weighted by Crippen LogP contribution is -2.20. The Kier molecular flexibility index (Phi) is 4.06. The largest absolute Gasteiger partial charge is 0.306 e. The zero-order valence-electron chi connectivity index (χ0n) is 11.7. The first kappa shape index (κ1) is 13.3. The van der Waals surface area contributed by atoms with Gasteiger partial charge >= 0.3 is 0 Å². The Morgan fingerprint density at radius 2 is 2.11 bits per heavy atom. The maximum atomic E-state index is 3.65. The summed E-state index contributed by atoms with van der Waals surface area (Å²) < 4.78 is 0. The number of thiophene rings is 2.